The Morgan fingerprint density at radius 1 is 0.833 bits per heavy atom. The fourth-order valence-corrected chi connectivity index (χ4v) is 0.270. The Labute approximate surface area is 67.6 Å². The molecule has 0 rings (SSSR count). The lowest BCUT2D eigenvalue weighted by molar-refractivity contribution is -0.165. The van der Waals surface area contributed by atoms with Gasteiger partial charge in [0.2, 0.25) is 0 Å². The monoisotopic (exact) mass is 184 g/mol. The van der Waals surface area contributed by atoms with Gasteiger partial charge in [0, 0.05) is 0 Å². The maximum atomic E-state index is 9.77. The van der Waals surface area contributed by atoms with Crippen LogP contribution >= 0.6 is 0 Å². The molecule has 0 saturated heterocycles. The minimum absolute atomic E-state index is 0. The summed E-state index contributed by atoms with van der Waals surface area (Å²) in [6, 6.07) is 0. The second kappa shape index (κ2) is 6.49. The molecule has 0 unspecified atom stereocenters. The first kappa shape index (κ1) is 17.0. The van der Waals surface area contributed by atoms with E-state index >= 15 is 0 Å². The summed E-state index contributed by atoms with van der Waals surface area (Å²) >= 11 is 0. The van der Waals surface area contributed by atoms with Gasteiger partial charge >= 0.3 is 11.9 Å². The van der Waals surface area contributed by atoms with E-state index < -0.39 is 24.1 Å². The van der Waals surface area contributed by atoms with E-state index in [9.17, 15) is 9.59 Å². The quantitative estimate of drug-likeness (QED) is 0.296. The van der Waals surface area contributed by atoms with Crippen LogP contribution in [0.1, 0.15) is 0 Å². The molecule has 12 heavy (non-hydrogen) atoms. The first-order valence-electron chi connectivity index (χ1n) is 2.28. The van der Waals surface area contributed by atoms with Crippen LogP contribution in [0.3, 0.4) is 0 Å². The van der Waals surface area contributed by atoms with Gasteiger partial charge in [-0.05, 0) is 0 Å². The summed E-state index contributed by atoms with van der Waals surface area (Å²) in [6.45, 7) is 0. The Bertz CT molecular complexity index is 142. The topological polar surface area (TPSA) is 185 Å². The minimum Gasteiger partial charge on any atom is -0.479 e. The van der Waals surface area contributed by atoms with Gasteiger partial charge in [0.25, 0.3) is 0 Å². The normalized spacial score (nSPS) is 13.2. The zero-order valence-electron chi connectivity index (χ0n) is 6.17. The number of hydrogen-bond donors (Lipinski definition) is 6. The standard InChI is InChI=1S/C4H6O6.2H3N/c5-1(3(7)8)2(6)4(9)10;;/h1-2,5-6H,(H,7,8)(H,9,10);2*1H3/t1-,2+;;. The van der Waals surface area contributed by atoms with Crippen LogP contribution in [-0.4, -0.2) is 44.6 Å². The molecule has 0 spiro atoms. The highest BCUT2D eigenvalue weighted by Gasteiger charge is 2.29. The molecule has 0 aliphatic rings. The van der Waals surface area contributed by atoms with Crippen molar-refractivity contribution in [2.24, 2.45) is 0 Å². The predicted octanol–water partition coefficient (Wildman–Crippen LogP) is -1.80. The lowest BCUT2D eigenvalue weighted by Gasteiger charge is -2.07. The largest absolute Gasteiger partial charge is 0.479 e. The van der Waals surface area contributed by atoms with Gasteiger partial charge in [-0.1, -0.05) is 0 Å². The van der Waals surface area contributed by atoms with Crippen LogP contribution in [0.2, 0.25) is 0 Å². The van der Waals surface area contributed by atoms with Crippen molar-refractivity contribution in [3.05, 3.63) is 0 Å². The van der Waals surface area contributed by atoms with Gasteiger partial charge in [0.15, 0.2) is 12.2 Å². The van der Waals surface area contributed by atoms with Gasteiger partial charge in [0.1, 0.15) is 0 Å². The van der Waals surface area contributed by atoms with Crippen molar-refractivity contribution in [3.8, 4) is 0 Å². The number of aliphatic carboxylic acids is 2. The van der Waals surface area contributed by atoms with Crippen LogP contribution in [0.4, 0.5) is 0 Å². The number of aliphatic hydroxyl groups is 2. The zero-order valence-corrected chi connectivity index (χ0v) is 6.17. The van der Waals surface area contributed by atoms with Crippen LogP contribution in [0.5, 0.6) is 0 Å². The molecule has 0 amide bonds. The Morgan fingerprint density at radius 3 is 1.08 bits per heavy atom. The molecule has 8 nitrogen and oxygen atoms in total. The van der Waals surface area contributed by atoms with Crippen molar-refractivity contribution in [2.45, 2.75) is 12.2 Å². The molecule has 0 aliphatic carbocycles. The van der Waals surface area contributed by atoms with Crippen LogP contribution in [0, 0.1) is 0 Å². The molecule has 0 aromatic carbocycles. The fourth-order valence-electron chi connectivity index (χ4n) is 0.270. The summed E-state index contributed by atoms with van der Waals surface area (Å²) < 4.78 is 0. The van der Waals surface area contributed by atoms with E-state index in [4.69, 9.17) is 20.4 Å². The fraction of sp³-hybridized carbons (Fsp3) is 0.500. The van der Waals surface area contributed by atoms with Gasteiger partial charge in [-0.25, -0.2) is 9.59 Å². The lowest BCUT2D eigenvalue weighted by Crippen LogP contribution is -2.39. The summed E-state index contributed by atoms with van der Waals surface area (Å²) in [5, 5.41) is 32.5. The lowest BCUT2D eigenvalue weighted by atomic mass is 10.2. The SMILES string of the molecule is N.N.O=C(O)[C@@H](O)[C@@H](O)C(=O)O. The Balaban J connectivity index is -0.000000405. The van der Waals surface area contributed by atoms with Gasteiger partial charge in [-0.15, -0.1) is 0 Å². The molecular weight excluding hydrogens is 172 g/mol. The molecular formula is C4H12N2O6. The van der Waals surface area contributed by atoms with Crippen molar-refractivity contribution in [1.82, 2.24) is 12.3 Å². The Morgan fingerprint density at radius 2 is 1.00 bits per heavy atom. The van der Waals surface area contributed by atoms with Crippen molar-refractivity contribution in [1.29, 1.82) is 0 Å². The van der Waals surface area contributed by atoms with Gasteiger partial charge in [0.05, 0.1) is 0 Å². The Kier molecular flexibility index (Phi) is 9.21. The summed E-state index contributed by atoms with van der Waals surface area (Å²) in [5.41, 5.74) is 0. The maximum absolute atomic E-state index is 9.77. The number of carboxylic acids is 2. The van der Waals surface area contributed by atoms with Gasteiger partial charge < -0.3 is 32.7 Å². The number of rotatable bonds is 3. The highest BCUT2D eigenvalue weighted by molar-refractivity contribution is 5.82. The second-order valence-electron chi connectivity index (χ2n) is 1.57. The Hall–Kier alpha value is -1.22. The number of hydrogen-bond acceptors (Lipinski definition) is 6. The van der Waals surface area contributed by atoms with E-state index in [1.165, 1.54) is 0 Å². The average molecular weight is 184 g/mol. The van der Waals surface area contributed by atoms with Crippen LogP contribution < -0.4 is 12.3 Å². The van der Waals surface area contributed by atoms with Crippen LogP contribution in [0.15, 0.2) is 0 Å². The number of carboxylic acid groups (broad SMARTS) is 2. The van der Waals surface area contributed by atoms with Gasteiger partial charge in [-0.3, -0.25) is 0 Å². The highest BCUT2D eigenvalue weighted by atomic mass is 16.4. The molecule has 0 bridgehead atoms. The first-order valence-corrected chi connectivity index (χ1v) is 2.28. The molecule has 0 radical (unpaired) electrons. The van der Waals surface area contributed by atoms with Gasteiger partial charge in [-0.2, -0.15) is 0 Å². The molecule has 10 N–H and O–H groups in total. The molecule has 2 atom stereocenters. The van der Waals surface area contributed by atoms with Crippen molar-refractivity contribution >= 4 is 11.9 Å². The van der Waals surface area contributed by atoms with E-state index in [1.807, 2.05) is 0 Å². The highest BCUT2D eigenvalue weighted by Crippen LogP contribution is 1.92. The summed E-state index contributed by atoms with van der Waals surface area (Å²) in [6.07, 6.45) is -4.53. The third-order valence-electron chi connectivity index (χ3n) is 0.805. The molecule has 0 heterocycles. The van der Waals surface area contributed by atoms with E-state index in [0.29, 0.717) is 0 Å². The smallest absolute Gasteiger partial charge is 0.335 e. The van der Waals surface area contributed by atoms with E-state index in [0.717, 1.165) is 0 Å². The summed E-state index contributed by atoms with van der Waals surface area (Å²) in [5.74, 6) is -3.54. The molecule has 0 aliphatic heterocycles. The minimum atomic E-state index is -2.27. The maximum Gasteiger partial charge on any atom is 0.335 e. The molecule has 0 aromatic heterocycles. The summed E-state index contributed by atoms with van der Waals surface area (Å²) in [7, 11) is 0. The van der Waals surface area contributed by atoms with Crippen LogP contribution in [0.25, 0.3) is 0 Å². The average Bonchev–Trinajstić information content (AvgIpc) is 1.84. The number of carbonyl (C=O) groups is 2. The molecule has 8 heteroatoms. The second-order valence-corrected chi connectivity index (χ2v) is 1.57. The zero-order chi connectivity index (χ0) is 8.31. The van der Waals surface area contributed by atoms with Crippen molar-refractivity contribution in [2.75, 3.05) is 0 Å². The van der Waals surface area contributed by atoms with Crippen LogP contribution in [-0.2, 0) is 9.59 Å². The third-order valence-corrected chi connectivity index (χ3v) is 0.805. The molecule has 74 valence electrons. The predicted molar refractivity (Wildman–Crippen MR) is 37.3 cm³/mol. The molecule has 0 fully saturated rings. The first-order chi connectivity index (χ1) is 4.46. The molecule has 0 saturated carbocycles. The van der Waals surface area contributed by atoms with E-state index in [-0.39, 0.29) is 12.3 Å². The van der Waals surface area contributed by atoms with E-state index in [1.54, 1.807) is 0 Å². The molecule has 0 aromatic rings. The number of aliphatic hydroxyl groups excluding tert-OH is 2. The van der Waals surface area contributed by atoms with Crippen molar-refractivity contribution < 1.29 is 30.0 Å². The third kappa shape index (κ3) is 4.57. The van der Waals surface area contributed by atoms with Crippen molar-refractivity contribution in [3.63, 3.8) is 0 Å². The van der Waals surface area contributed by atoms with E-state index in [2.05, 4.69) is 0 Å². The summed E-state index contributed by atoms with van der Waals surface area (Å²) in [4.78, 5) is 19.5.